The summed E-state index contributed by atoms with van der Waals surface area (Å²) in [6.07, 6.45) is 3.71. The third-order valence-electron chi connectivity index (χ3n) is 0.916. The number of carbonyl (C=O) groups is 1. The summed E-state index contributed by atoms with van der Waals surface area (Å²) >= 11 is -2.86. The van der Waals surface area contributed by atoms with Crippen LogP contribution < -0.4 is 0 Å². The van der Waals surface area contributed by atoms with Gasteiger partial charge in [0.1, 0.15) is 11.4 Å². The van der Waals surface area contributed by atoms with Gasteiger partial charge in [0.05, 0.1) is 6.20 Å². The van der Waals surface area contributed by atoms with Crippen LogP contribution in [0, 0.1) is 0 Å². The highest BCUT2D eigenvalue weighted by Gasteiger charge is 2.07. The molecule has 64 valence electrons. The van der Waals surface area contributed by atoms with Crippen molar-refractivity contribution >= 4 is 17.3 Å². The topological polar surface area (TPSA) is 92.2 Å². The van der Waals surface area contributed by atoms with E-state index in [-0.39, 0.29) is 5.69 Å². The second-order valence-electron chi connectivity index (χ2n) is 1.67. The maximum atomic E-state index is 10.7. The Morgan fingerprint density at radius 1 is 1.58 bits per heavy atom. The zero-order valence-electron chi connectivity index (χ0n) is 5.67. The van der Waals surface area contributed by atoms with Crippen molar-refractivity contribution in [3.8, 4) is 0 Å². The monoisotopic (exact) mass is 187 g/mol. The molecular weight excluding hydrogens is 184 g/mol. The predicted molar refractivity (Wildman–Crippen MR) is 36.4 cm³/mol. The molecule has 1 unspecified atom stereocenters. The molecule has 0 N–H and O–H groups in total. The summed E-state index contributed by atoms with van der Waals surface area (Å²) in [5, 5.41) is 0. The lowest BCUT2D eigenvalue weighted by atomic mass is 10.5. The molecule has 0 aliphatic rings. The SMILES string of the molecule is O=C(OS(=O)[O-])c1cnccn1. The van der Waals surface area contributed by atoms with E-state index in [1.54, 1.807) is 0 Å². The largest absolute Gasteiger partial charge is 0.740 e. The molecule has 0 aromatic carbocycles. The molecule has 0 saturated carbocycles. The van der Waals surface area contributed by atoms with E-state index in [1.165, 1.54) is 12.4 Å². The van der Waals surface area contributed by atoms with Gasteiger partial charge in [-0.2, -0.15) is 0 Å². The molecule has 1 aromatic rings. The lowest BCUT2D eigenvalue weighted by molar-refractivity contribution is 0.0735. The van der Waals surface area contributed by atoms with Crippen LogP contribution in [0.3, 0.4) is 0 Å². The molecule has 0 saturated heterocycles. The maximum Gasteiger partial charge on any atom is 0.371 e. The number of hydrogen-bond acceptors (Lipinski definition) is 6. The van der Waals surface area contributed by atoms with Crippen molar-refractivity contribution < 1.29 is 17.7 Å². The van der Waals surface area contributed by atoms with Gasteiger partial charge in [0.25, 0.3) is 0 Å². The molecule has 0 spiro atoms. The summed E-state index contributed by atoms with van der Waals surface area (Å²) < 4.78 is 23.6. The number of carbonyl (C=O) groups excluding carboxylic acids is 1. The van der Waals surface area contributed by atoms with Gasteiger partial charge >= 0.3 is 5.97 Å². The van der Waals surface area contributed by atoms with Crippen molar-refractivity contribution in [2.24, 2.45) is 0 Å². The highest BCUT2D eigenvalue weighted by atomic mass is 32.2. The minimum Gasteiger partial charge on any atom is -0.740 e. The molecule has 0 aliphatic heterocycles. The molecule has 1 heterocycles. The van der Waals surface area contributed by atoms with Crippen molar-refractivity contribution in [1.82, 2.24) is 9.97 Å². The number of hydrogen-bond donors (Lipinski definition) is 0. The van der Waals surface area contributed by atoms with E-state index in [2.05, 4.69) is 14.2 Å². The summed E-state index contributed by atoms with van der Waals surface area (Å²) in [5.41, 5.74) is -0.151. The normalized spacial score (nSPS) is 12.1. The van der Waals surface area contributed by atoms with E-state index < -0.39 is 17.3 Å². The quantitative estimate of drug-likeness (QED) is 0.575. The molecule has 1 atom stereocenters. The summed E-state index contributed by atoms with van der Waals surface area (Å²) in [4.78, 5) is 17.8. The molecule has 0 amide bonds. The molecule has 0 radical (unpaired) electrons. The molecule has 0 bridgehead atoms. The Kier molecular flexibility index (Phi) is 2.83. The fourth-order valence-corrected chi connectivity index (χ4v) is 0.718. The minimum atomic E-state index is -2.86. The van der Waals surface area contributed by atoms with Crippen LogP contribution >= 0.6 is 0 Å². The van der Waals surface area contributed by atoms with Crippen molar-refractivity contribution in [3.63, 3.8) is 0 Å². The maximum absolute atomic E-state index is 10.7. The van der Waals surface area contributed by atoms with Gasteiger partial charge in [-0.1, -0.05) is 0 Å². The van der Waals surface area contributed by atoms with Gasteiger partial charge in [-0.25, -0.2) is 14.0 Å². The van der Waals surface area contributed by atoms with Gasteiger partial charge in [0.2, 0.25) is 0 Å². The first-order valence-electron chi connectivity index (χ1n) is 2.78. The van der Waals surface area contributed by atoms with Gasteiger partial charge in [-0.15, -0.1) is 0 Å². The molecule has 6 nitrogen and oxygen atoms in total. The van der Waals surface area contributed by atoms with Crippen LogP contribution in [0.1, 0.15) is 10.5 Å². The van der Waals surface area contributed by atoms with E-state index in [0.29, 0.717) is 0 Å². The zero-order valence-corrected chi connectivity index (χ0v) is 6.48. The van der Waals surface area contributed by atoms with Crippen LogP contribution in [0.2, 0.25) is 0 Å². The summed E-state index contributed by atoms with van der Waals surface area (Å²) in [6, 6.07) is 0. The van der Waals surface area contributed by atoms with Gasteiger partial charge in [-0.3, -0.25) is 4.98 Å². The van der Waals surface area contributed by atoms with Crippen molar-refractivity contribution in [2.45, 2.75) is 0 Å². The van der Waals surface area contributed by atoms with Crippen LogP contribution in [0.15, 0.2) is 18.6 Å². The van der Waals surface area contributed by atoms with Gasteiger partial charge in [0.15, 0.2) is 5.69 Å². The minimum absolute atomic E-state index is 0.151. The van der Waals surface area contributed by atoms with Crippen LogP contribution in [-0.2, 0) is 15.5 Å². The lowest BCUT2D eigenvalue weighted by Gasteiger charge is -2.03. The molecule has 12 heavy (non-hydrogen) atoms. The summed E-state index contributed by atoms with van der Waals surface area (Å²) in [7, 11) is 0. The second-order valence-corrected chi connectivity index (χ2v) is 2.24. The third-order valence-corrected chi connectivity index (χ3v) is 1.20. The predicted octanol–water partition coefficient (Wildman–Crippen LogP) is -0.573. The first-order valence-corrected chi connectivity index (χ1v) is 3.78. The Balaban J connectivity index is 2.73. The van der Waals surface area contributed by atoms with Gasteiger partial charge in [-0.05, 0) is 0 Å². The van der Waals surface area contributed by atoms with Gasteiger partial charge in [0, 0.05) is 12.4 Å². The zero-order chi connectivity index (χ0) is 8.97. The van der Waals surface area contributed by atoms with Crippen LogP contribution in [0.5, 0.6) is 0 Å². The van der Waals surface area contributed by atoms with E-state index in [4.69, 9.17) is 0 Å². The van der Waals surface area contributed by atoms with Crippen LogP contribution in [0.25, 0.3) is 0 Å². The second kappa shape index (κ2) is 3.88. The van der Waals surface area contributed by atoms with Crippen molar-refractivity contribution in [1.29, 1.82) is 0 Å². The molecule has 1 rings (SSSR count). The first-order chi connectivity index (χ1) is 5.70. The number of aromatic nitrogens is 2. The van der Waals surface area contributed by atoms with Gasteiger partial charge < -0.3 is 8.74 Å². The van der Waals surface area contributed by atoms with E-state index in [9.17, 15) is 13.6 Å². The Bertz CT molecular complexity index is 302. The fourth-order valence-electron chi connectivity index (χ4n) is 0.509. The Morgan fingerprint density at radius 3 is 2.83 bits per heavy atom. The Hall–Kier alpha value is -1.34. The molecule has 7 heteroatoms. The van der Waals surface area contributed by atoms with Crippen LogP contribution in [0.4, 0.5) is 0 Å². The average Bonchev–Trinajstić information content (AvgIpc) is 2.05. The fraction of sp³-hybridized carbons (Fsp3) is 0. The van der Waals surface area contributed by atoms with E-state index >= 15 is 0 Å². The van der Waals surface area contributed by atoms with E-state index in [0.717, 1.165) is 6.20 Å². The highest BCUT2D eigenvalue weighted by Crippen LogP contribution is 1.94. The Morgan fingerprint density at radius 2 is 2.33 bits per heavy atom. The van der Waals surface area contributed by atoms with E-state index in [1.807, 2.05) is 0 Å². The standard InChI is InChI=1S/C5H4N2O4S/c8-5(11-12(9)10)4-3-6-1-2-7-4/h1-3H,(H,9,10)/p-1. The average molecular weight is 187 g/mol. The van der Waals surface area contributed by atoms with Crippen molar-refractivity contribution in [2.75, 3.05) is 0 Å². The molecule has 0 fully saturated rings. The lowest BCUT2D eigenvalue weighted by Crippen LogP contribution is -2.09. The van der Waals surface area contributed by atoms with Crippen molar-refractivity contribution in [3.05, 3.63) is 24.3 Å². The summed E-state index contributed by atoms with van der Waals surface area (Å²) in [5.74, 6) is -1.04. The highest BCUT2D eigenvalue weighted by molar-refractivity contribution is 7.74. The third kappa shape index (κ3) is 2.36. The molecule has 1 aromatic heterocycles. The molecular formula is C5H3N2O4S-. The number of nitrogens with zero attached hydrogens (tertiary/aromatic N) is 2. The molecule has 0 aliphatic carbocycles. The summed E-state index contributed by atoms with van der Waals surface area (Å²) in [6.45, 7) is 0. The van der Waals surface area contributed by atoms with Crippen LogP contribution in [-0.4, -0.2) is 24.7 Å². The smallest absolute Gasteiger partial charge is 0.371 e. The number of rotatable bonds is 2. The first kappa shape index (κ1) is 8.75. The Labute approximate surface area is 70.1 Å².